The third-order valence-corrected chi connectivity index (χ3v) is 4.73. The van der Waals surface area contributed by atoms with Crippen LogP contribution in [-0.4, -0.2) is 34.9 Å². The van der Waals surface area contributed by atoms with E-state index in [9.17, 15) is 14.7 Å². The number of aliphatic hydroxyl groups is 1. The number of fused-ring (bicyclic) bond motifs is 1. The molecule has 0 saturated carbocycles. The van der Waals surface area contributed by atoms with Crippen LogP contribution in [0, 0.1) is 0 Å². The molecule has 1 unspecified atom stereocenters. The lowest BCUT2D eigenvalue weighted by Gasteiger charge is -2.24. The molecular weight excluding hydrogens is 372 g/mol. The first-order valence-corrected chi connectivity index (χ1v) is 9.10. The Morgan fingerprint density at radius 2 is 2.15 bits per heavy atom. The fourth-order valence-electron chi connectivity index (χ4n) is 3.28. The van der Waals surface area contributed by atoms with Crippen molar-refractivity contribution in [1.29, 1.82) is 0 Å². The molecule has 1 aromatic carbocycles. The van der Waals surface area contributed by atoms with Crippen molar-refractivity contribution in [2.24, 2.45) is 0 Å². The maximum Gasteiger partial charge on any atom is 0.347 e. The number of hydrogen-bond donors (Lipinski definition) is 3. The minimum atomic E-state index is -1.89. The zero-order chi connectivity index (χ0) is 19.6. The first-order valence-electron chi connectivity index (χ1n) is 8.72. The first-order chi connectivity index (χ1) is 12.9. The average Bonchev–Trinajstić information content (AvgIpc) is 3.12. The maximum absolute atomic E-state index is 12.4. The molecule has 8 heteroatoms. The minimum absolute atomic E-state index is 0.102. The second-order valence-corrected chi connectivity index (χ2v) is 6.87. The van der Waals surface area contributed by atoms with Crippen LogP contribution in [0.5, 0.6) is 0 Å². The Balaban J connectivity index is 2.13. The molecule has 2 aromatic rings. The Hall–Kier alpha value is -2.35. The fourth-order valence-corrected chi connectivity index (χ4v) is 3.46. The van der Waals surface area contributed by atoms with Crippen LogP contribution < -0.4 is 5.48 Å². The number of nitrogens with one attached hydrogen (secondary N) is 2. The smallest absolute Gasteiger partial charge is 0.347 e. The van der Waals surface area contributed by atoms with Gasteiger partial charge in [0, 0.05) is 22.3 Å². The van der Waals surface area contributed by atoms with Gasteiger partial charge < -0.3 is 14.8 Å². The van der Waals surface area contributed by atoms with E-state index in [-0.39, 0.29) is 17.6 Å². The number of unbranched alkanes of at least 4 members (excludes halogenated alkanes) is 2. The number of esters is 1. The van der Waals surface area contributed by atoms with Gasteiger partial charge >= 0.3 is 5.97 Å². The summed E-state index contributed by atoms with van der Waals surface area (Å²) >= 11 is 6.04. The second kappa shape index (κ2) is 7.72. The highest BCUT2D eigenvalue weighted by Crippen LogP contribution is 2.42. The molecule has 3 rings (SSSR count). The molecular formula is C19H21ClN2O5. The van der Waals surface area contributed by atoms with Crippen molar-refractivity contribution >= 4 is 40.0 Å². The molecule has 0 spiro atoms. The molecule has 27 heavy (non-hydrogen) atoms. The molecule has 1 aliphatic heterocycles. The molecule has 1 aromatic heterocycles. The molecule has 1 atom stereocenters. The number of carbonyl (C=O) groups is 2. The molecule has 3 N–H and O–H groups in total. The van der Waals surface area contributed by atoms with Crippen LogP contribution in [0.4, 0.5) is 0 Å². The number of cyclic esters (lactones) is 1. The molecule has 1 amide bonds. The quantitative estimate of drug-likeness (QED) is 0.291. The van der Waals surface area contributed by atoms with Crippen molar-refractivity contribution in [2.45, 2.75) is 38.4 Å². The molecule has 0 aliphatic carbocycles. The van der Waals surface area contributed by atoms with Crippen molar-refractivity contribution in [1.82, 2.24) is 10.5 Å². The summed E-state index contributed by atoms with van der Waals surface area (Å²) in [4.78, 5) is 32.6. The molecule has 144 valence electrons. The lowest BCUT2D eigenvalue weighted by Crippen LogP contribution is -2.31. The van der Waals surface area contributed by atoms with E-state index in [1.165, 1.54) is 7.11 Å². The number of carbonyl (C=O) groups excluding carboxylic acids is 2. The van der Waals surface area contributed by atoms with Gasteiger partial charge in [0.05, 0.1) is 18.4 Å². The summed E-state index contributed by atoms with van der Waals surface area (Å²) in [6.07, 6.45) is 2.61. The molecule has 0 fully saturated rings. The summed E-state index contributed by atoms with van der Waals surface area (Å²) in [6.45, 7) is 2.03. The summed E-state index contributed by atoms with van der Waals surface area (Å²) < 4.78 is 5.24. The summed E-state index contributed by atoms with van der Waals surface area (Å²) in [5.41, 5.74) is 3.11. The molecule has 7 nitrogen and oxygen atoms in total. The van der Waals surface area contributed by atoms with Crippen LogP contribution in [0.2, 0.25) is 5.02 Å². The predicted molar refractivity (Wildman–Crippen MR) is 101 cm³/mol. The zero-order valence-electron chi connectivity index (χ0n) is 15.1. The summed E-state index contributed by atoms with van der Waals surface area (Å²) in [5.74, 6) is -3.56. The van der Waals surface area contributed by atoms with Crippen molar-refractivity contribution in [3.63, 3.8) is 0 Å². The number of aromatic amines is 1. The van der Waals surface area contributed by atoms with Gasteiger partial charge in [-0.2, -0.15) is 0 Å². The summed E-state index contributed by atoms with van der Waals surface area (Å²) in [7, 11) is 1.26. The van der Waals surface area contributed by atoms with Crippen molar-refractivity contribution < 1.29 is 24.3 Å². The van der Waals surface area contributed by atoms with Crippen LogP contribution in [0.15, 0.2) is 29.8 Å². The van der Waals surface area contributed by atoms with Crippen LogP contribution >= 0.6 is 11.6 Å². The lowest BCUT2D eigenvalue weighted by atomic mass is 9.94. The van der Waals surface area contributed by atoms with Crippen molar-refractivity contribution in [2.75, 3.05) is 7.11 Å². The highest BCUT2D eigenvalue weighted by atomic mass is 35.5. The van der Waals surface area contributed by atoms with Crippen LogP contribution in [-0.2, 0) is 19.2 Å². The van der Waals surface area contributed by atoms with Gasteiger partial charge in [0.25, 0.3) is 5.91 Å². The number of ether oxygens (including phenoxy) is 1. The van der Waals surface area contributed by atoms with E-state index < -0.39 is 17.7 Å². The van der Waals surface area contributed by atoms with Gasteiger partial charge in [0.1, 0.15) is 5.57 Å². The third kappa shape index (κ3) is 3.71. The normalized spacial score (nSPS) is 19.6. The summed E-state index contributed by atoms with van der Waals surface area (Å²) in [6, 6.07) is 6.98. The number of rotatable bonds is 7. The Morgan fingerprint density at radius 3 is 2.85 bits per heavy atom. The van der Waals surface area contributed by atoms with E-state index in [4.69, 9.17) is 16.3 Å². The standard InChI is InChI=1S/C19H21ClN2O5/c1-3-4-5-8-19(25)16(15(18(24)27-19)17(23)22-26-2)14-10-11-9-12(20)6-7-13(11)21-14/h6-7,9-10,21,25H,3-5,8H2,1-2H3,(H,22,23). The van der Waals surface area contributed by atoms with E-state index in [2.05, 4.69) is 15.3 Å². The van der Waals surface area contributed by atoms with Crippen LogP contribution in [0.1, 0.15) is 38.3 Å². The van der Waals surface area contributed by atoms with E-state index in [1.807, 2.05) is 6.92 Å². The van der Waals surface area contributed by atoms with Gasteiger partial charge in [0.15, 0.2) is 0 Å². The number of H-pyrrole nitrogens is 1. The highest BCUT2D eigenvalue weighted by Gasteiger charge is 2.49. The van der Waals surface area contributed by atoms with Gasteiger partial charge in [-0.15, -0.1) is 0 Å². The van der Waals surface area contributed by atoms with Gasteiger partial charge in [-0.3, -0.25) is 9.63 Å². The number of amides is 1. The molecule has 0 saturated heterocycles. The van der Waals surface area contributed by atoms with Crippen LogP contribution in [0.3, 0.4) is 0 Å². The number of hydroxylamine groups is 1. The average molecular weight is 393 g/mol. The Bertz CT molecular complexity index is 920. The third-order valence-electron chi connectivity index (χ3n) is 4.50. The summed E-state index contributed by atoms with van der Waals surface area (Å²) in [5, 5.41) is 12.4. The Kier molecular flexibility index (Phi) is 5.55. The molecule has 0 radical (unpaired) electrons. The van der Waals surface area contributed by atoms with E-state index in [0.29, 0.717) is 17.1 Å². The van der Waals surface area contributed by atoms with Crippen molar-refractivity contribution in [3.8, 4) is 0 Å². The Morgan fingerprint density at radius 1 is 1.37 bits per heavy atom. The molecule has 2 heterocycles. The van der Waals surface area contributed by atoms with Gasteiger partial charge in [-0.25, -0.2) is 10.3 Å². The number of halogens is 1. The lowest BCUT2D eigenvalue weighted by molar-refractivity contribution is -0.178. The Labute approximate surface area is 161 Å². The second-order valence-electron chi connectivity index (χ2n) is 6.43. The predicted octanol–water partition coefficient (Wildman–Crippen LogP) is 3.08. The molecule has 0 bridgehead atoms. The van der Waals surface area contributed by atoms with Gasteiger partial charge in [-0.05, 0) is 30.7 Å². The topological polar surface area (TPSA) is 101 Å². The minimum Gasteiger partial charge on any atom is -0.425 e. The largest absolute Gasteiger partial charge is 0.425 e. The highest BCUT2D eigenvalue weighted by molar-refractivity contribution is 6.31. The van der Waals surface area contributed by atoms with Crippen molar-refractivity contribution in [3.05, 3.63) is 40.6 Å². The maximum atomic E-state index is 12.4. The van der Waals surface area contributed by atoms with E-state index in [1.54, 1.807) is 24.3 Å². The first kappa shape index (κ1) is 19.4. The van der Waals surface area contributed by atoms with E-state index in [0.717, 1.165) is 23.7 Å². The number of hydrogen-bond acceptors (Lipinski definition) is 5. The number of aromatic nitrogens is 1. The molecule has 1 aliphatic rings. The number of benzene rings is 1. The van der Waals surface area contributed by atoms with Gasteiger partial charge in [-0.1, -0.05) is 31.4 Å². The SMILES string of the molecule is CCCCCC1(O)OC(=O)C(C(=O)NOC)=C1c1cc2cc(Cl)ccc2[nH]1. The zero-order valence-corrected chi connectivity index (χ0v) is 15.9. The van der Waals surface area contributed by atoms with E-state index >= 15 is 0 Å². The van der Waals surface area contributed by atoms with Crippen LogP contribution in [0.25, 0.3) is 16.5 Å². The fraction of sp³-hybridized carbons (Fsp3) is 0.368. The monoisotopic (exact) mass is 392 g/mol. The van der Waals surface area contributed by atoms with Gasteiger partial charge in [0.2, 0.25) is 5.79 Å².